The van der Waals surface area contributed by atoms with Crippen molar-refractivity contribution >= 4 is 49.6 Å². The van der Waals surface area contributed by atoms with Crippen LogP contribution < -0.4 is 4.90 Å². The van der Waals surface area contributed by atoms with Gasteiger partial charge < -0.3 is 9.47 Å². The van der Waals surface area contributed by atoms with Gasteiger partial charge in [-0.1, -0.05) is 188 Å². The maximum Gasteiger partial charge on any atom is 0.0541 e. The van der Waals surface area contributed by atoms with Gasteiger partial charge >= 0.3 is 0 Å². The van der Waals surface area contributed by atoms with Crippen LogP contribution in [0.2, 0.25) is 0 Å². The highest BCUT2D eigenvalue weighted by Gasteiger charge is 2.21. The molecule has 60 heavy (non-hydrogen) atoms. The minimum atomic E-state index is 1.08. The molecular formula is C58H40N2. The Morgan fingerprint density at radius 1 is 0.267 bits per heavy atom. The molecule has 0 aliphatic rings. The van der Waals surface area contributed by atoms with Crippen LogP contribution in [0.4, 0.5) is 17.1 Å². The fourth-order valence-electron chi connectivity index (χ4n) is 9.01. The van der Waals surface area contributed by atoms with Crippen molar-refractivity contribution in [3.8, 4) is 50.2 Å². The Balaban J connectivity index is 1.11. The van der Waals surface area contributed by atoms with Gasteiger partial charge in [-0.3, -0.25) is 0 Å². The molecule has 0 saturated carbocycles. The van der Waals surface area contributed by atoms with Gasteiger partial charge in [0, 0.05) is 33.4 Å². The Kier molecular flexibility index (Phi) is 8.87. The van der Waals surface area contributed by atoms with Crippen molar-refractivity contribution in [2.45, 2.75) is 0 Å². The van der Waals surface area contributed by atoms with E-state index in [0.29, 0.717) is 0 Å². The normalized spacial score (nSPS) is 11.3. The molecule has 0 amide bonds. The second-order valence-corrected chi connectivity index (χ2v) is 15.3. The summed E-state index contributed by atoms with van der Waals surface area (Å²) in [7, 11) is 0. The molecule has 0 saturated heterocycles. The first kappa shape index (κ1) is 35.2. The number of aromatic nitrogens is 1. The molecule has 0 unspecified atom stereocenters. The molecule has 11 rings (SSSR count). The zero-order chi connectivity index (χ0) is 39.8. The maximum atomic E-state index is 2.43. The third-order valence-electron chi connectivity index (χ3n) is 11.8. The Hall–Kier alpha value is -7.94. The van der Waals surface area contributed by atoms with Crippen LogP contribution in [0.15, 0.2) is 243 Å². The highest BCUT2D eigenvalue weighted by atomic mass is 15.1. The predicted molar refractivity (Wildman–Crippen MR) is 255 cm³/mol. The van der Waals surface area contributed by atoms with Crippen LogP contribution in [-0.2, 0) is 0 Å². The average molecular weight is 765 g/mol. The molecule has 0 fully saturated rings. The Labute approximate surface area is 350 Å². The van der Waals surface area contributed by atoms with Crippen LogP contribution in [0, 0.1) is 0 Å². The molecule has 1 heterocycles. The fourth-order valence-corrected chi connectivity index (χ4v) is 9.01. The van der Waals surface area contributed by atoms with Gasteiger partial charge in [0.05, 0.1) is 16.7 Å². The molecule has 10 aromatic carbocycles. The lowest BCUT2D eigenvalue weighted by molar-refractivity contribution is 1.18. The van der Waals surface area contributed by atoms with Gasteiger partial charge in [-0.05, 0) is 104 Å². The first-order valence-electron chi connectivity index (χ1n) is 20.6. The third-order valence-corrected chi connectivity index (χ3v) is 11.8. The minimum Gasteiger partial charge on any atom is -0.310 e. The van der Waals surface area contributed by atoms with Gasteiger partial charge in [-0.25, -0.2) is 0 Å². The summed E-state index contributed by atoms with van der Waals surface area (Å²) < 4.78 is 2.43. The van der Waals surface area contributed by atoms with Crippen molar-refractivity contribution in [2.24, 2.45) is 0 Å². The van der Waals surface area contributed by atoms with E-state index in [0.717, 1.165) is 33.9 Å². The number of para-hydroxylation sites is 3. The number of anilines is 3. The van der Waals surface area contributed by atoms with Gasteiger partial charge in [-0.15, -0.1) is 0 Å². The molecule has 0 aliphatic heterocycles. The number of rotatable bonds is 8. The summed E-state index contributed by atoms with van der Waals surface area (Å²) in [5, 5.41) is 5.00. The molecule has 1 aromatic heterocycles. The zero-order valence-corrected chi connectivity index (χ0v) is 33.0. The summed E-state index contributed by atoms with van der Waals surface area (Å²) in [4.78, 5) is 2.40. The maximum absolute atomic E-state index is 2.43. The smallest absolute Gasteiger partial charge is 0.0541 e. The summed E-state index contributed by atoms with van der Waals surface area (Å²) in [6.45, 7) is 0. The van der Waals surface area contributed by atoms with E-state index in [-0.39, 0.29) is 0 Å². The van der Waals surface area contributed by atoms with Crippen LogP contribution in [-0.4, -0.2) is 4.57 Å². The minimum absolute atomic E-state index is 1.08. The van der Waals surface area contributed by atoms with Gasteiger partial charge in [0.15, 0.2) is 0 Å². The van der Waals surface area contributed by atoms with Crippen LogP contribution in [0.3, 0.4) is 0 Å². The van der Waals surface area contributed by atoms with Crippen molar-refractivity contribution < 1.29 is 0 Å². The summed E-state index contributed by atoms with van der Waals surface area (Å²) in [6, 6.07) is 87.9. The second-order valence-electron chi connectivity index (χ2n) is 15.3. The molecule has 0 N–H and O–H groups in total. The SMILES string of the molecule is c1ccc(-c2cccc(N(c3ccc(-c4cccc5ccccc45)cc3)c3ccc(-c4ccccc4-n4c5ccccc5c5ccccc54)c(-c4ccccc4)c3)c2)cc1. The van der Waals surface area contributed by atoms with Gasteiger partial charge in [-0.2, -0.15) is 0 Å². The van der Waals surface area contributed by atoms with E-state index in [2.05, 4.69) is 252 Å². The lowest BCUT2D eigenvalue weighted by Gasteiger charge is -2.28. The molecule has 2 nitrogen and oxygen atoms in total. The molecule has 0 bridgehead atoms. The van der Waals surface area contributed by atoms with E-state index in [1.807, 2.05) is 0 Å². The average Bonchev–Trinajstić information content (AvgIpc) is 3.66. The quantitative estimate of drug-likeness (QED) is 0.150. The zero-order valence-electron chi connectivity index (χ0n) is 33.0. The number of hydrogen-bond acceptors (Lipinski definition) is 1. The summed E-state index contributed by atoms with van der Waals surface area (Å²) in [5.74, 6) is 0. The van der Waals surface area contributed by atoms with Crippen molar-refractivity contribution in [1.29, 1.82) is 0 Å². The monoisotopic (exact) mass is 764 g/mol. The molecule has 0 aliphatic carbocycles. The van der Waals surface area contributed by atoms with Gasteiger partial charge in [0.25, 0.3) is 0 Å². The number of fused-ring (bicyclic) bond motifs is 4. The van der Waals surface area contributed by atoms with E-state index >= 15 is 0 Å². The standard InChI is InChI=1S/C58H40N2/c1-3-17-41(18-4-1)45-23-15-24-47(39-45)59(46-35-33-44(34-36-46)50-29-16-22-42-21-7-8-25-49(42)50)48-37-38-51(55(40-48)43-19-5-2-6-20-43)52-26-9-12-30-56(52)60-57-31-13-10-27-53(57)54-28-11-14-32-58(54)60/h1-40H. The Morgan fingerprint density at radius 2 is 0.783 bits per heavy atom. The molecular weight excluding hydrogens is 725 g/mol. The molecule has 11 aromatic rings. The van der Waals surface area contributed by atoms with Crippen LogP contribution in [0.5, 0.6) is 0 Å². The molecule has 0 atom stereocenters. The van der Waals surface area contributed by atoms with Crippen LogP contribution in [0.1, 0.15) is 0 Å². The largest absolute Gasteiger partial charge is 0.310 e. The summed E-state index contributed by atoms with van der Waals surface area (Å²) >= 11 is 0. The van der Waals surface area contributed by atoms with Crippen molar-refractivity contribution in [3.05, 3.63) is 243 Å². The topological polar surface area (TPSA) is 8.17 Å². The van der Waals surface area contributed by atoms with Gasteiger partial charge in [0.2, 0.25) is 0 Å². The lowest BCUT2D eigenvalue weighted by atomic mass is 9.92. The molecule has 0 radical (unpaired) electrons. The van der Waals surface area contributed by atoms with E-state index in [4.69, 9.17) is 0 Å². The molecule has 2 heteroatoms. The highest BCUT2D eigenvalue weighted by Crippen LogP contribution is 2.44. The first-order chi connectivity index (χ1) is 29.8. The number of hydrogen-bond donors (Lipinski definition) is 0. The number of benzene rings is 10. The second kappa shape index (κ2) is 15.1. The van der Waals surface area contributed by atoms with Crippen LogP contribution in [0.25, 0.3) is 82.8 Å². The molecule has 282 valence electrons. The lowest BCUT2D eigenvalue weighted by Crippen LogP contribution is -2.10. The predicted octanol–water partition coefficient (Wildman–Crippen LogP) is 16.1. The van der Waals surface area contributed by atoms with E-state index in [9.17, 15) is 0 Å². The van der Waals surface area contributed by atoms with Crippen molar-refractivity contribution in [3.63, 3.8) is 0 Å². The number of nitrogens with zero attached hydrogens (tertiary/aromatic N) is 2. The Morgan fingerprint density at radius 3 is 1.53 bits per heavy atom. The summed E-state index contributed by atoms with van der Waals surface area (Å²) in [5.41, 5.74) is 16.2. The summed E-state index contributed by atoms with van der Waals surface area (Å²) in [6.07, 6.45) is 0. The van der Waals surface area contributed by atoms with Crippen molar-refractivity contribution in [1.82, 2.24) is 4.57 Å². The highest BCUT2D eigenvalue weighted by molar-refractivity contribution is 6.10. The van der Waals surface area contributed by atoms with Crippen LogP contribution >= 0.6 is 0 Å². The third kappa shape index (κ3) is 6.23. The van der Waals surface area contributed by atoms with E-state index < -0.39 is 0 Å². The van der Waals surface area contributed by atoms with Crippen molar-refractivity contribution in [2.75, 3.05) is 4.90 Å². The fraction of sp³-hybridized carbons (Fsp3) is 0. The van der Waals surface area contributed by atoms with E-state index in [1.165, 1.54) is 66.0 Å². The Bertz CT molecular complexity index is 3250. The first-order valence-corrected chi connectivity index (χ1v) is 20.6. The van der Waals surface area contributed by atoms with E-state index in [1.54, 1.807) is 0 Å². The molecule has 0 spiro atoms. The van der Waals surface area contributed by atoms with Gasteiger partial charge in [0.1, 0.15) is 0 Å².